The first-order chi connectivity index (χ1) is 13.6. The quantitative estimate of drug-likeness (QED) is 0.394. The second-order valence-corrected chi connectivity index (χ2v) is 7.90. The van der Waals surface area contributed by atoms with E-state index in [1.54, 1.807) is 18.4 Å². The first-order valence-electron chi connectivity index (χ1n) is 8.49. The molecule has 4 aromatic rings. The number of nitrogens with one attached hydrogen (secondary N) is 1. The van der Waals surface area contributed by atoms with E-state index >= 15 is 0 Å². The number of aromatic nitrogens is 1. The van der Waals surface area contributed by atoms with Gasteiger partial charge in [-0.25, -0.2) is 13.8 Å². The highest BCUT2D eigenvalue weighted by Crippen LogP contribution is 2.29. The molecule has 2 aromatic carbocycles. The van der Waals surface area contributed by atoms with Crippen LogP contribution >= 0.6 is 22.7 Å². The van der Waals surface area contributed by atoms with E-state index in [0.29, 0.717) is 17.8 Å². The molecule has 0 saturated heterocycles. The number of anilines is 1. The molecular formula is C21H16F2N2OS2. The van der Waals surface area contributed by atoms with Crippen LogP contribution in [0.25, 0.3) is 22.4 Å². The number of nitrogens with zero attached hydrogens (tertiary/aromatic N) is 1. The van der Waals surface area contributed by atoms with Crippen molar-refractivity contribution >= 4 is 27.8 Å². The van der Waals surface area contributed by atoms with Crippen molar-refractivity contribution in [2.24, 2.45) is 0 Å². The zero-order valence-corrected chi connectivity index (χ0v) is 16.5. The Morgan fingerprint density at radius 2 is 1.68 bits per heavy atom. The van der Waals surface area contributed by atoms with Gasteiger partial charge in [0.25, 0.3) is 0 Å². The monoisotopic (exact) mass is 414 g/mol. The molecule has 3 nitrogen and oxygen atoms in total. The fourth-order valence-corrected chi connectivity index (χ4v) is 4.27. The second kappa shape index (κ2) is 8.08. The number of methoxy groups -OCH3 is 1. The van der Waals surface area contributed by atoms with Gasteiger partial charge in [0.1, 0.15) is 5.75 Å². The second-order valence-electron chi connectivity index (χ2n) is 6.05. The summed E-state index contributed by atoms with van der Waals surface area (Å²) in [5, 5.41) is 7.97. The van der Waals surface area contributed by atoms with E-state index in [1.807, 2.05) is 29.6 Å². The van der Waals surface area contributed by atoms with Crippen LogP contribution in [0, 0.1) is 11.6 Å². The van der Waals surface area contributed by atoms with E-state index in [-0.39, 0.29) is 0 Å². The Hall–Kier alpha value is -2.77. The summed E-state index contributed by atoms with van der Waals surface area (Å²) in [5.74, 6) is -0.895. The molecule has 2 aromatic heterocycles. The van der Waals surface area contributed by atoms with Gasteiger partial charge < -0.3 is 10.1 Å². The predicted octanol–water partition coefficient (Wildman–Crippen LogP) is 6.44. The van der Waals surface area contributed by atoms with Crippen LogP contribution in [0.15, 0.2) is 59.3 Å². The van der Waals surface area contributed by atoms with Gasteiger partial charge in [-0.05, 0) is 52.9 Å². The van der Waals surface area contributed by atoms with Crippen molar-refractivity contribution in [3.8, 4) is 28.1 Å². The smallest absolute Gasteiger partial charge is 0.183 e. The minimum Gasteiger partial charge on any atom is -0.497 e. The molecule has 142 valence electrons. The summed E-state index contributed by atoms with van der Waals surface area (Å²) in [4.78, 5) is 5.64. The Bertz CT molecular complexity index is 1090. The van der Waals surface area contributed by atoms with Gasteiger partial charge in [-0.1, -0.05) is 12.1 Å². The Balaban J connectivity index is 1.42. The molecule has 0 spiro atoms. The molecule has 0 saturated carbocycles. The highest BCUT2D eigenvalue weighted by Gasteiger charge is 2.09. The number of thiophene rings is 1. The fourth-order valence-electron chi connectivity index (χ4n) is 2.71. The Morgan fingerprint density at radius 3 is 2.43 bits per heavy atom. The minimum absolute atomic E-state index is 0.557. The van der Waals surface area contributed by atoms with E-state index in [9.17, 15) is 8.78 Å². The van der Waals surface area contributed by atoms with Gasteiger partial charge in [0.2, 0.25) is 0 Å². The molecular weight excluding hydrogens is 398 g/mol. The number of benzene rings is 2. The standard InChI is InChI=1S/C21H16F2N2OS2/c1-26-16-5-2-13(3-6-16)15-8-17(27-11-15)10-24-21-25-20(12-28-21)14-4-7-18(22)19(23)9-14/h2-9,11-12H,10H2,1H3,(H,24,25). The average molecular weight is 415 g/mol. The van der Waals surface area contributed by atoms with Gasteiger partial charge in [-0.15, -0.1) is 22.7 Å². The van der Waals surface area contributed by atoms with Crippen molar-refractivity contribution in [3.63, 3.8) is 0 Å². The van der Waals surface area contributed by atoms with Crippen molar-refractivity contribution in [2.75, 3.05) is 12.4 Å². The maximum atomic E-state index is 13.4. The van der Waals surface area contributed by atoms with Crippen LogP contribution in [0.1, 0.15) is 4.88 Å². The number of thiazole rings is 1. The number of rotatable bonds is 6. The summed E-state index contributed by atoms with van der Waals surface area (Å²) in [6, 6.07) is 13.9. The molecule has 0 aliphatic carbocycles. The Labute approximate surface area is 169 Å². The maximum Gasteiger partial charge on any atom is 0.183 e. The summed E-state index contributed by atoms with van der Waals surface area (Å²) in [5.41, 5.74) is 3.47. The molecule has 7 heteroatoms. The molecule has 28 heavy (non-hydrogen) atoms. The van der Waals surface area contributed by atoms with Crippen LogP contribution in [0.4, 0.5) is 13.9 Å². The van der Waals surface area contributed by atoms with Crippen molar-refractivity contribution in [1.82, 2.24) is 4.98 Å². The van der Waals surface area contributed by atoms with Gasteiger partial charge >= 0.3 is 0 Å². The molecule has 0 unspecified atom stereocenters. The summed E-state index contributed by atoms with van der Waals surface area (Å²) >= 11 is 3.11. The summed E-state index contributed by atoms with van der Waals surface area (Å²) in [7, 11) is 1.65. The van der Waals surface area contributed by atoms with Gasteiger partial charge in [0, 0.05) is 15.8 Å². The number of hydrogen-bond donors (Lipinski definition) is 1. The lowest BCUT2D eigenvalue weighted by Gasteiger charge is -2.02. The molecule has 0 radical (unpaired) electrons. The zero-order valence-electron chi connectivity index (χ0n) is 14.9. The van der Waals surface area contributed by atoms with Crippen LogP contribution in [0.2, 0.25) is 0 Å². The third-order valence-electron chi connectivity index (χ3n) is 4.21. The number of hydrogen-bond acceptors (Lipinski definition) is 5. The highest BCUT2D eigenvalue weighted by molar-refractivity contribution is 7.14. The summed E-state index contributed by atoms with van der Waals surface area (Å²) < 4.78 is 31.7. The van der Waals surface area contributed by atoms with Gasteiger partial charge in [-0.2, -0.15) is 0 Å². The lowest BCUT2D eigenvalue weighted by Crippen LogP contribution is -1.96. The zero-order chi connectivity index (χ0) is 19.5. The van der Waals surface area contributed by atoms with E-state index in [0.717, 1.165) is 34.1 Å². The van der Waals surface area contributed by atoms with E-state index in [4.69, 9.17) is 4.74 Å². The van der Waals surface area contributed by atoms with E-state index in [2.05, 4.69) is 21.7 Å². The topological polar surface area (TPSA) is 34.1 Å². The molecule has 0 aliphatic rings. The maximum absolute atomic E-state index is 13.4. The molecule has 1 N–H and O–H groups in total. The third kappa shape index (κ3) is 4.05. The molecule has 0 atom stereocenters. The first-order valence-corrected chi connectivity index (χ1v) is 10.2. The summed E-state index contributed by atoms with van der Waals surface area (Å²) in [6.07, 6.45) is 0. The van der Waals surface area contributed by atoms with Gasteiger partial charge in [0.15, 0.2) is 16.8 Å². The molecule has 4 rings (SSSR count). The highest BCUT2D eigenvalue weighted by atomic mass is 32.1. The molecule has 0 bridgehead atoms. The Kier molecular flexibility index (Phi) is 5.36. The average Bonchev–Trinajstić information content (AvgIpc) is 3.38. The minimum atomic E-state index is -0.871. The molecule has 0 fully saturated rings. The van der Waals surface area contributed by atoms with Crippen molar-refractivity contribution in [1.29, 1.82) is 0 Å². The van der Waals surface area contributed by atoms with Crippen molar-refractivity contribution in [2.45, 2.75) is 6.54 Å². The van der Waals surface area contributed by atoms with Crippen LogP contribution in [-0.4, -0.2) is 12.1 Å². The number of halogens is 2. The van der Waals surface area contributed by atoms with Crippen molar-refractivity contribution in [3.05, 3.63) is 75.8 Å². The fraction of sp³-hybridized carbons (Fsp3) is 0.0952. The predicted molar refractivity (Wildman–Crippen MR) is 111 cm³/mol. The van der Waals surface area contributed by atoms with Crippen LogP contribution in [0.5, 0.6) is 5.75 Å². The largest absolute Gasteiger partial charge is 0.497 e. The van der Waals surface area contributed by atoms with Crippen LogP contribution in [0.3, 0.4) is 0 Å². The van der Waals surface area contributed by atoms with Gasteiger partial charge in [0.05, 0.1) is 19.3 Å². The SMILES string of the molecule is COc1ccc(-c2csc(CNc3nc(-c4ccc(F)c(F)c4)cs3)c2)cc1. The van der Waals surface area contributed by atoms with Crippen molar-refractivity contribution < 1.29 is 13.5 Å². The van der Waals surface area contributed by atoms with Crippen LogP contribution in [-0.2, 0) is 6.54 Å². The molecule has 0 amide bonds. The van der Waals surface area contributed by atoms with E-state index in [1.165, 1.54) is 22.3 Å². The third-order valence-corrected chi connectivity index (χ3v) is 5.95. The molecule has 0 aliphatic heterocycles. The van der Waals surface area contributed by atoms with Gasteiger partial charge in [-0.3, -0.25) is 0 Å². The lowest BCUT2D eigenvalue weighted by molar-refractivity contribution is 0.415. The number of ether oxygens (including phenoxy) is 1. The first kappa shape index (κ1) is 18.6. The lowest BCUT2D eigenvalue weighted by atomic mass is 10.1. The normalized spacial score (nSPS) is 10.8. The molecule has 2 heterocycles. The Morgan fingerprint density at radius 1 is 0.893 bits per heavy atom. The van der Waals surface area contributed by atoms with E-state index < -0.39 is 11.6 Å². The summed E-state index contributed by atoms with van der Waals surface area (Å²) in [6.45, 7) is 0.644. The van der Waals surface area contributed by atoms with Crippen LogP contribution < -0.4 is 10.1 Å².